The van der Waals surface area contributed by atoms with Crippen molar-refractivity contribution in [2.75, 3.05) is 19.7 Å². The van der Waals surface area contributed by atoms with Crippen LogP contribution >= 0.6 is 0 Å². The Balaban J connectivity index is 1.54. The van der Waals surface area contributed by atoms with Crippen LogP contribution in [0.3, 0.4) is 0 Å². The fraction of sp³-hybridized carbons (Fsp3) is 0.619. The average molecular weight is 391 g/mol. The zero-order valence-corrected chi connectivity index (χ0v) is 17.2. The minimum atomic E-state index is -0.208. The molecule has 0 N–H and O–H groups in total. The Morgan fingerprint density at radius 1 is 1.46 bits per heavy atom. The van der Waals surface area contributed by atoms with Crippen molar-refractivity contribution >= 4 is 0 Å². The summed E-state index contributed by atoms with van der Waals surface area (Å²) in [6.07, 6.45) is 7.07. The van der Waals surface area contributed by atoms with E-state index in [2.05, 4.69) is 16.6 Å². The van der Waals surface area contributed by atoms with Crippen molar-refractivity contribution in [3.63, 3.8) is 0 Å². The first-order chi connectivity index (χ1) is 13.4. The molecule has 154 valence electrons. The van der Waals surface area contributed by atoms with Crippen LogP contribution in [0.25, 0.3) is 0 Å². The summed E-state index contributed by atoms with van der Waals surface area (Å²) in [7, 11) is 0. The molecule has 0 aliphatic carbocycles. The first-order valence-corrected chi connectivity index (χ1v) is 10.1. The summed E-state index contributed by atoms with van der Waals surface area (Å²) in [6, 6.07) is -0.0155. The lowest BCUT2D eigenvalue weighted by molar-refractivity contribution is 0.0340. The molecule has 3 heterocycles. The number of piperidine rings is 1. The van der Waals surface area contributed by atoms with E-state index in [1.165, 1.54) is 6.92 Å². The topological polar surface area (TPSA) is 52.3 Å². The highest BCUT2D eigenvalue weighted by atomic mass is 19.1. The van der Waals surface area contributed by atoms with Gasteiger partial charge in [0.1, 0.15) is 11.7 Å². The van der Waals surface area contributed by atoms with E-state index in [1.807, 2.05) is 19.9 Å². The zero-order chi connectivity index (χ0) is 20.3. The van der Waals surface area contributed by atoms with Gasteiger partial charge < -0.3 is 9.64 Å². The number of halogens is 1. The van der Waals surface area contributed by atoms with Crippen molar-refractivity contribution < 1.29 is 9.13 Å². The first kappa shape index (κ1) is 20.6. The summed E-state index contributed by atoms with van der Waals surface area (Å²) >= 11 is 0. The van der Waals surface area contributed by atoms with Crippen molar-refractivity contribution in [1.29, 1.82) is 0 Å². The van der Waals surface area contributed by atoms with Gasteiger partial charge in [-0.3, -0.25) is 4.57 Å². The Morgan fingerprint density at radius 2 is 2.25 bits per heavy atom. The third-order valence-electron chi connectivity index (χ3n) is 5.56. The van der Waals surface area contributed by atoms with Gasteiger partial charge in [0, 0.05) is 43.7 Å². The molecule has 2 aliphatic heterocycles. The van der Waals surface area contributed by atoms with Gasteiger partial charge in [-0.2, -0.15) is 5.10 Å². The van der Waals surface area contributed by atoms with Gasteiger partial charge in [0.05, 0.1) is 18.8 Å². The fourth-order valence-electron chi connectivity index (χ4n) is 3.93. The average Bonchev–Trinajstić information content (AvgIpc) is 3.23. The molecule has 2 unspecified atom stereocenters. The van der Waals surface area contributed by atoms with Gasteiger partial charge in [0.2, 0.25) is 0 Å². The normalized spacial score (nSPS) is 21.9. The molecule has 1 aromatic heterocycles. The van der Waals surface area contributed by atoms with Crippen LogP contribution in [-0.2, 0) is 17.7 Å². The highest BCUT2D eigenvalue weighted by Crippen LogP contribution is 2.24. The molecule has 0 aromatic carbocycles. The third kappa shape index (κ3) is 4.46. The second-order valence-corrected chi connectivity index (χ2v) is 7.74. The minimum absolute atomic E-state index is 0.00582. The molecule has 0 saturated carbocycles. The molecule has 0 radical (unpaired) electrons. The molecular formula is C21H31FN4O2. The molecule has 1 saturated heterocycles. The smallest absolute Gasteiger partial charge is 0.346 e. The lowest BCUT2D eigenvalue weighted by atomic mass is 10.0. The summed E-state index contributed by atoms with van der Waals surface area (Å²) in [5, 5.41) is 4.52. The van der Waals surface area contributed by atoms with Crippen molar-refractivity contribution in [3.8, 4) is 0 Å². The summed E-state index contributed by atoms with van der Waals surface area (Å²) in [5.74, 6) is 0.691. The van der Waals surface area contributed by atoms with Gasteiger partial charge in [0.25, 0.3) is 0 Å². The highest BCUT2D eigenvalue weighted by Gasteiger charge is 2.26. The Labute approximate surface area is 166 Å². The number of nitrogens with zero attached hydrogens (tertiary/aromatic N) is 4. The van der Waals surface area contributed by atoms with Crippen LogP contribution in [0.4, 0.5) is 4.39 Å². The largest absolute Gasteiger partial charge is 0.373 e. The maximum atomic E-state index is 13.5. The van der Waals surface area contributed by atoms with E-state index < -0.39 is 0 Å². The fourth-order valence-corrected chi connectivity index (χ4v) is 3.93. The second-order valence-electron chi connectivity index (χ2n) is 7.74. The second kappa shape index (κ2) is 8.90. The molecule has 3 rings (SSSR count). The van der Waals surface area contributed by atoms with E-state index in [4.69, 9.17) is 4.74 Å². The van der Waals surface area contributed by atoms with Crippen LogP contribution in [0.5, 0.6) is 0 Å². The Morgan fingerprint density at radius 3 is 2.89 bits per heavy atom. The molecule has 0 amide bonds. The highest BCUT2D eigenvalue weighted by molar-refractivity contribution is 5.21. The van der Waals surface area contributed by atoms with Crippen molar-refractivity contribution in [1.82, 2.24) is 19.2 Å². The number of ether oxygens (including phenoxy) is 1. The van der Waals surface area contributed by atoms with Crippen molar-refractivity contribution in [3.05, 3.63) is 52.1 Å². The van der Waals surface area contributed by atoms with Gasteiger partial charge >= 0.3 is 5.69 Å². The molecule has 0 spiro atoms. The van der Waals surface area contributed by atoms with Gasteiger partial charge in [0.15, 0.2) is 0 Å². The molecule has 2 aliphatic rings. The number of allylic oxidation sites excluding steroid dienone is 2. The zero-order valence-electron chi connectivity index (χ0n) is 17.2. The van der Waals surface area contributed by atoms with Gasteiger partial charge in [-0.05, 0) is 33.6 Å². The molecular weight excluding hydrogens is 359 g/mol. The SMILES string of the molecule is C=C1CC(OCC(/C=C\C)=C(/C)F)CCN1CC(C)n1nc2n(c1=O)CCC2. The maximum Gasteiger partial charge on any atom is 0.346 e. The predicted octanol–water partition coefficient (Wildman–Crippen LogP) is 3.37. The predicted molar refractivity (Wildman–Crippen MR) is 108 cm³/mol. The van der Waals surface area contributed by atoms with Gasteiger partial charge in [-0.15, -0.1) is 0 Å². The molecule has 6 nitrogen and oxygen atoms in total. The Bertz CT molecular complexity index is 832. The number of hydrogen-bond acceptors (Lipinski definition) is 4. The summed E-state index contributed by atoms with van der Waals surface area (Å²) in [6.45, 7) is 12.1. The lowest BCUT2D eigenvalue weighted by Crippen LogP contribution is -2.40. The van der Waals surface area contributed by atoms with E-state index in [1.54, 1.807) is 15.3 Å². The quantitative estimate of drug-likeness (QED) is 0.670. The van der Waals surface area contributed by atoms with Gasteiger partial charge in [-0.25, -0.2) is 13.9 Å². The number of likely N-dealkylation sites (tertiary alicyclic amines) is 1. The van der Waals surface area contributed by atoms with Gasteiger partial charge in [-0.1, -0.05) is 18.7 Å². The molecule has 7 heteroatoms. The van der Waals surface area contributed by atoms with Crippen LogP contribution < -0.4 is 5.69 Å². The monoisotopic (exact) mass is 390 g/mol. The molecule has 2 atom stereocenters. The van der Waals surface area contributed by atoms with E-state index in [0.717, 1.165) is 50.3 Å². The minimum Gasteiger partial charge on any atom is -0.373 e. The van der Waals surface area contributed by atoms with Crippen molar-refractivity contribution in [2.45, 2.75) is 65.1 Å². The standard InChI is InChI=1S/C21H31FN4O2/c1-5-7-18(17(4)22)14-28-19-9-11-24(15(2)12-19)13-16(3)26-21(27)25-10-6-8-20(25)23-26/h5,7,16,19H,2,6,8-14H2,1,3-4H3/b7-5-,18-17-. The van der Waals surface area contributed by atoms with E-state index in [0.29, 0.717) is 12.1 Å². The number of hydrogen-bond donors (Lipinski definition) is 0. The number of aromatic nitrogens is 3. The number of rotatable bonds is 7. The molecule has 0 bridgehead atoms. The molecule has 28 heavy (non-hydrogen) atoms. The van der Waals surface area contributed by atoms with E-state index in [-0.39, 0.29) is 30.3 Å². The maximum absolute atomic E-state index is 13.5. The van der Waals surface area contributed by atoms with Crippen LogP contribution in [-0.4, -0.2) is 45.0 Å². The van der Waals surface area contributed by atoms with Crippen molar-refractivity contribution in [2.24, 2.45) is 0 Å². The summed E-state index contributed by atoms with van der Waals surface area (Å²) in [4.78, 5) is 14.7. The van der Waals surface area contributed by atoms with Crippen LogP contribution in [0, 0.1) is 0 Å². The lowest BCUT2D eigenvalue weighted by Gasteiger charge is -2.36. The van der Waals surface area contributed by atoms with Crippen LogP contribution in [0.15, 0.2) is 40.6 Å². The molecule has 1 aromatic rings. The van der Waals surface area contributed by atoms with Crippen LogP contribution in [0.1, 0.15) is 51.9 Å². The van der Waals surface area contributed by atoms with E-state index >= 15 is 0 Å². The Kier molecular flexibility index (Phi) is 6.54. The molecule has 1 fully saturated rings. The van der Waals surface area contributed by atoms with E-state index in [9.17, 15) is 9.18 Å². The first-order valence-electron chi connectivity index (χ1n) is 10.1. The van der Waals surface area contributed by atoms with Crippen LogP contribution in [0.2, 0.25) is 0 Å². The third-order valence-corrected chi connectivity index (χ3v) is 5.56. The Hall–Kier alpha value is -2.15. The number of fused-ring (bicyclic) bond motifs is 1. The summed E-state index contributed by atoms with van der Waals surface area (Å²) < 4.78 is 22.8. The summed E-state index contributed by atoms with van der Waals surface area (Å²) in [5.41, 5.74) is 1.57. The number of aryl methyl sites for hydroxylation is 1.